The Balaban J connectivity index is 2.57. The van der Waals surface area contributed by atoms with Crippen molar-refractivity contribution >= 4 is 0 Å². The first-order valence-corrected chi connectivity index (χ1v) is 5.93. The summed E-state index contributed by atoms with van der Waals surface area (Å²) in [5.74, 6) is 0. The van der Waals surface area contributed by atoms with Crippen molar-refractivity contribution in [1.82, 2.24) is 0 Å². The van der Waals surface area contributed by atoms with Crippen molar-refractivity contribution in [2.24, 2.45) is 5.41 Å². The summed E-state index contributed by atoms with van der Waals surface area (Å²) in [5.41, 5.74) is 2.08. The number of rotatable bonds is 4. The first kappa shape index (κ1) is 11.6. The molecule has 0 radical (unpaired) electrons. The fraction of sp³-hybridized carbons (Fsp3) is 0.714. The minimum Gasteiger partial charge on any atom is -0.0916 e. The molecular weight excluding hydrogens is 168 g/mol. The molecule has 0 spiro atoms. The van der Waals surface area contributed by atoms with Gasteiger partial charge in [-0.15, -0.1) is 0 Å². The number of allylic oxidation sites excluding steroid dienone is 4. The molecule has 0 aromatic rings. The van der Waals surface area contributed by atoms with E-state index in [1.54, 1.807) is 0 Å². The standard InChI is InChI=1S/C14H24/c1-4-5-9-14(10-6-7-11-14)12-8-13(2)3/h4-5,8H,6-7,9-12H2,1-3H3/b5-4+. The van der Waals surface area contributed by atoms with E-state index in [2.05, 4.69) is 39.0 Å². The normalized spacial score (nSPS) is 20.2. The molecule has 1 aliphatic carbocycles. The van der Waals surface area contributed by atoms with E-state index >= 15 is 0 Å². The topological polar surface area (TPSA) is 0 Å². The van der Waals surface area contributed by atoms with Crippen LogP contribution in [0.1, 0.15) is 59.3 Å². The molecule has 0 atom stereocenters. The zero-order valence-electron chi connectivity index (χ0n) is 9.97. The summed E-state index contributed by atoms with van der Waals surface area (Å²) >= 11 is 0. The van der Waals surface area contributed by atoms with Crippen LogP contribution in [0.2, 0.25) is 0 Å². The van der Waals surface area contributed by atoms with E-state index in [4.69, 9.17) is 0 Å². The summed E-state index contributed by atoms with van der Waals surface area (Å²) < 4.78 is 0. The molecule has 0 bridgehead atoms. The molecule has 1 saturated carbocycles. The average molecular weight is 192 g/mol. The van der Waals surface area contributed by atoms with Crippen molar-refractivity contribution in [3.63, 3.8) is 0 Å². The van der Waals surface area contributed by atoms with E-state index in [1.165, 1.54) is 44.1 Å². The lowest BCUT2D eigenvalue weighted by Gasteiger charge is -2.26. The molecular formula is C14H24. The Morgan fingerprint density at radius 2 is 1.79 bits per heavy atom. The zero-order chi connectivity index (χ0) is 10.4. The number of hydrogen-bond acceptors (Lipinski definition) is 0. The predicted molar refractivity (Wildman–Crippen MR) is 64.4 cm³/mol. The summed E-state index contributed by atoms with van der Waals surface area (Å²) in [6.45, 7) is 6.54. The fourth-order valence-corrected chi connectivity index (χ4v) is 2.41. The van der Waals surface area contributed by atoms with Gasteiger partial charge in [-0.3, -0.25) is 0 Å². The Bertz CT molecular complexity index is 210. The van der Waals surface area contributed by atoms with Crippen LogP contribution in [0.5, 0.6) is 0 Å². The van der Waals surface area contributed by atoms with Crippen LogP contribution in [0.15, 0.2) is 23.8 Å². The van der Waals surface area contributed by atoms with Gasteiger partial charge in [-0.1, -0.05) is 36.6 Å². The van der Waals surface area contributed by atoms with Gasteiger partial charge in [0.05, 0.1) is 0 Å². The third-order valence-corrected chi connectivity index (χ3v) is 3.39. The van der Waals surface area contributed by atoms with Gasteiger partial charge in [0.2, 0.25) is 0 Å². The SMILES string of the molecule is C/C=C/CC1(CC=C(C)C)CCCC1. The van der Waals surface area contributed by atoms with Gasteiger partial charge >= 0.3 is 0 Å². The van der Waals surface area contributed by atoms with Crippen molar-refractivity contribution in [3.8, 4) is 0 Å². The monoisotopic (exact) mass is 192 g/mol. The minimum atomic E-state index is 0.615. The smallest absolute Gasteiger partial charge is 0.0228 e. The van der Waals surface area contributed by atoms with E-state index < -0.39 is 0 Å². The lowest BCUT2D eigenvalue weighted by atomic mass is 9.79. The van der Waals surface area contributed by atoms with Crippen molar-refractivity contribution < 1.29 is 0 Å². The molecule has 0 unspecified atom stereocenters. The van der Waals surface area contributed by atoms with Gasteiger partial charge in [0.1, 0.15) is 0 Å². The van der Waals surface area contributed by atoms with Crippen molar-refractivity contribution in [3.05, 3.63) is 23.8 Å². The van der Waals surface area contributed by atoms with Crippen LogP contribution < -0.4 is 0 Å². The van der Waals surface area contributed by atoms with Crippen LogP contribution in [0, 0.1) is 5.41 Å². The molecule has 1 fully saturated rings. The van der Waals surface area contributed by atoms with Crippen LogP contribution in [0.25, 0.3) is 0 Å². The summed E-state index contributed by atoms with van der Waals surface area (Å²) in [7, 11) is 0. The number of hydrogen-bond donors (Lipinski definition) is 0. The van der Waals surface area contributed by atoms with Crippen molar-refractivity contribution in [2.45, 2.75) is 59.3 Å². The summed E-state index contributed by atoms with van der Waals surface area (Å²) in [5, 5.41) is 0. The first-order valence-electron chi connectivity index (χ1n) is 5.93. The largest absolute Gasteiger partial charge is 0.0916 e. The van der Waals surface area contributed by atoms with Gasteiger partial charge < -0.3 is 0 Å². The molecule has 0 nitrogen and oxygen atoms in total. The second-order valence-electron chi connectivity index (χ2n) is 4.97. The van der Waals surface area contributed by atoms with Crippen LogP contribution in [-0.4, -0.2) is 0 Å². The van der Waals surface area contributed by atoms with Crippen molar-refractivity contribution in [2.75, 3.05) is 0 Å². The lowest BCUT2D eigenvalue weighted by molar-refractivity contribution is 0.304. The molecule has 0 aromatic carbocycles. The molecule has 80 valence electrons. The van der Waals surface area contributed by atoms with Gasteiger partial charge in [-0.2, -0.15) is 0 Å². The Hall–Kier alpha value is -0.520. The fourth-order valence-electron chi connectivity index (χ4n) is 2.41. The van der Waals surface area contributed by atoms with Crippen molar-refractivity contribution in [1.29, 1.82) is 0 Å². The summed E-state index contributed by atoms with van der Waals surface area (Å²) in [6.07, 6.45) is 15.3. The summed E-state index contributed by atoms with van der Waals surface area (Å²) in [4.78, 5) is 0. The van der Waals surface area contributed by atoms with E-state index in [0.29, 0.717) is 5.41 Å². The molecule has 0 aliphatic heterocycles. The molecule has 0 amide bonds. The molecule has 0 aromatic heterocycles. The van der Waals surface area contributed by atoms with E-state index in [9.17, 15) is 0 Å². The zero-order valence-corrected chi connectivity index (χ0v) is 9.97. The van der Waals surface area contributed by atoms with Gasteiger partial charge in [0.25, 0.3) is 0 Å². The highest BCUT2D eigenvalue weighted by Crippen LogP contribution is 2.44. The quantitative estimate of drug-likeness (QED) is 0.557. The van der Waals surface area contributed by atoms with Gasteiger partial charge in [0, 0.05) is 0 Å². The van der Waals surface area contributed by atoms with Gasteiger partial charge in [0.15, 0.2) is 0 Å². The molecule has 0 N–H and O–H groups in total. The Morgan fingerprint density at radius 3 is 2.29 bits per heavy atom. The highest BCUT2D eigenvalue weighted by Gasteiger charge is 2.31. The molecule has 0 heteroatoms. The highest BCUT2D eigenvalue weighted by atomic mass is 14.4. The van der Waals surface area contributed by atoms with E-state index in [-0.39, 0.29) is 0 Å². The molecule has 14 heavy (non-hydrogen) atoms. The highest BCUT2D eigenvalue weighted by molar-refractivity contribution is 5.01. The van der Waals surface area contributed by atoms with E-state index in [0.717, 1.165) is 0 Å². The third-order valence-electron chi connectivity index (χ3n) is 3.39. The Morgan fingerprint density at radius 1 is 1.14 bits per heavy atom. The maximum absolute atomic E-state index is 2.43. The predicted octanol–water partition coefficient (Wildman–Crippen LogP) is 4.87. The van der Waals surface area contributed by atoms with Crippen LogP contribution >= 0.6 is 0 Å². The average Bonchev–Trinajstić information content (AvgIpc) is 2.61. The maximum atomic E-state index is 2.43. The van der Waals surface area contributed by atoms with Crippen LogP contribution in [0.4, 0.5) is 0 Å². The molecule has 0 heterocycles. The Kier molecular flexibility index (Phi) is 4.44. The second kappa shape index (κ2) is 5.38. The molecule has 1 rings (SSSR count). The van der Waals surface area contributed by atoms with E-state index in [1.807, 2.05) is 0 Å². The summed E-state index contributed by atoms with van der Waals surface area (Å²) in [6, 6.07) is 0. The van der Waals surface area contributed by atoms with Gasteiger partial charge in [-0.25, -0.2) is 0 Å². The second-order valence-corrected chi connectivity index (χ2v) is 4.97. The van der Waals surface area contributed by atoms with Crippen LogP contribution in [-0.2, 0) is 0 Å². The first-order chi connectivity index (χ1) is 6.68. The molecule has 1 aliphatic rings. The minimum absolute atomic E-state index is 0.615. The third kappa shape index (κ3) is 3.32. The molecule has 0 saturated heterocycles. The maximum Gasteiger partial charge on any atom is -0.0228 e. The lowest BCUT2D eigenvalue weighted by Crippen LogP contribution is -2.14. The van der Waals surface area contributed by atoms with Gasteiger partial charge in [-0.05, 0) is 51.9 Å². The Labute approximate surface area is 89.1 Å². The van der Waals surface area contributed by atoms with Crippen LogP contribution in [0.3, 0.4) is 0 Å².